The molecule has 1 aromatic heterocycles. The molecule has 1 aliphatic carbocycles. The molecule has 2 fully saturated rings. The molecule has 1 N–H and O–H groups in total. The highest BCUT2D eigenvalue weighted by Gasteiger charge is 2.30. The van der Waals surface area contributed by atoms with Crippen LogP contribution < -0.4 is 10.1 Å². The van der Waals surface area contributed by atoms with Gasteiger partial charge in [-0.2, -0.15) is 5.26 Å². The van der Waals surface area contributed by atoms with Gasteiger partial charge in [-0.3, -0.25) is 0 Å². The van der Waals surface area contributed by atoms with Crippen LogP contribution in [0.15, 0.2) is 12.4 Å². The van der Waals surface area contributed by atoms with E-state index in [1.807, 2.05) is 6.07 Å². The highest BCUT2D eigenvalue weighted by atomic mass is 16.5. The second-order valence-corrected chi connectivity index (χ2v) is 5.73. The first-order valence-electron chi connectivity index (χ1n) is 7.69. The van der Waals surface area contributed by atoms with Crippen LogP contribution in [0.2, 0.25) is 0 Å². The maximum atomic E-state index is 12.2. The number of rotatable bonds is 3. The van der Waals surface area contributed by atoms with Crippen LogP contribution in [0.25, 0.3) is 0 Å². The van der Waals surface area contributed by atoms with E-state index in [1.54, 1.807) is 4.90 Å². The molecule has 1 saturated carbocycles. The minimum Gasteiger partial charge on any atom is -0.470 e. The molecule has 22 heavy (non-hydrogen) atoms. The maximum Gasteiger partial charge on any atom is 0.317 e. The molecule has 1 aliphatic heterocycles. The lowest BCUT2D eigenvalue weighted by atomic mass is 10.2. The third-order valence-electron chi connectivity index (χ3n) is 4.16. The van der Waals surface area contributed by atoms with Crippen molar-refractivity contribution in [1.29, 1.82) is 5.26 Å². The Labute approximate surface area is 129 Å². The van der Waals surface area contributed by atoms with E-state index < -0.39 is 0 Å². The summed E-state index contributed by atoms with van der Waals surface area (Å²) in [5.41, 5.74) is 0.177. The third kappa shape index (κ3) is 3.27. The van der Waals surface area contributed by atoms with Gasteiger partial charge in [0.15, 0.2) is 0 Å². The molecule has 1 atom stereocenters. The zero-order valence-electron chi connectivity index (χ0n) is 12.4. The summed E-state index contributed by atoms with van der Waals surface area (Å²) in [5.74, 6) is 0.244. The summed E-state index contributed by atoms with van der Waals surface area (Å²) in [4.78, 5) is 21.9. The van der Waals surface area contributed by atoms with Crippen molar-refractivity contribution in [3.05, 3.63) is 18.1 Å². The van der Waals surface area contributed by atoms with Crippen LogP contribution in [0.5, 0.6) is 5.88 Å². The number of carbonyl (C=O) groups is 1. The van der Waals surface area contributed by atoms with Gasteiger partial charge in [0.25, 0.3) is 5.88 Å². The van der Waals surface area contributed by atoms with Gasteiger partial charge in [-0.25, -0.2) is 14.8 Å². The first-order chi connectivity index (χ1) is 10.8. The lowest BCUT2D eigenvalue weighted by molar-refractivity contribution is 0.180. The molecule has 0 bridgehead atoms. The molecule has 0 radical (unpaired) electrons. The molecule has 2 amide bonds. The van der Waals surface area contributed by atoms with Crippen LogP contribution >= 0.6 is 0 Å². The van der Waals surface area contributed by atoms with Gasteiger partial charge < -0.3 is 15.0 Å². The predicted octanol–water partition coefficient (Wildman–Crippen LogP) is 1.45. The standard InChI is InChI=1S/C15H19N5O2/c16-9-13-14(18-7-6-17-13)22-12-5-8-20(10-12)15(21)19-11-3-1-2-4-11/h6-7,11-12H,1-5,8,10H2,(H,19,21)/t12-/m1/s1. The Balaban J connectivity index is 1.53. The van der Waals surface area contributed by atoms with Crippen molar-refractivity contribution in [3.8, 4) is 11.9 Å². The van der Waals surface area contributed by atoms with E-state index in [-0.39, 0.29) is 23.7 Å². The predicted molar refractivity (Wildman–Crippen MR) is 78.1 cm³/mol. The second-order valence-electron chi connectivity index (χ2n) is 5.73. The number of aromatic nitrogens is 2. The van der Waals surface area contributed by atoms with Gasteiger partial charge in [0, 0.05) is 31.4 Å². The fourth-order valence-electron chi connectivity index (χ4n) is 2.99. The molecular weight excluding hydrogens is 282 g/mol. The summed E-state index contributed by atoms with van der Waals surface area (Å²) in [6, 6.07) is 2.26. The van der Waals surface area contributed by atoms with Crippen LogP contribution in [0.1, 0.15) is 37.8 Å². The lowest BCUT2D eigenvalue weighted by Crippen LogP contribution is -2.43. The van der Waals surface area contributed by atoms with Gasteiger partial charge in [0.1, 0.15) is 12.2 Å². The molecule has 7 nitrogen and oxygen atoms in total. The molecular formula is C15H19N5O2. The van der Waals surface area contributed by atoms with Gasteiger partial charge in [0.05, 0.1) is 6.54 Å². The molecule has 7 heteroatoms. The number of urea groups is 1. The molecule has 2 heterocycles. The molecule has 1 aromatic rings. The van der Waals surface area contributed by atoms with Crippen molar-refractivity contribution in [2.24, 2.45) is 0 Å². The SMILES string of the molecule is N#Cc1nccnc1O[C@@H]1CCN(C(=O)NC2CCCC2)C1. The Bertz CT molecular complexity index is 580. The fourth-order valence-corrected chi connectivity index (χ4v) is 2.99. The van der Waals surface area contributed by atoms with Crippen molar-refractivity contribution < 1.29 is 9.53 Å². The Hall–Kier alpha value is -2.36. The molecule has 3 rings (SSSR count). The monoisotopic (exact) mass is 301 g/mol. The van der Waals surface area contributed by atoms with Crippen LogP contribution in [0.4, 0.5) is 4.79 Å². The number of nitrogens with zero attached hydrogens (tertiary/aromatic N) is 4. The first-order valence-corrected chi connectivity index (χ1v) is 7.69. The van der Waals surface area contributed by atoms with E-state index in [9.17, 15) is 4.79 Å². The largest absolute Gasteiger partial charge is 0.470 e. The van der Waals surface area contributed by atoms with E-state index in [1.165, 1.54) is 25.2 Å². The van der Waals surface area contributed by atoms with E-state index in [2.05, 4.69) is 15.3 Å². The topological polar surface area (TPSA) is 91.1 Å². The van der Waals surface area contributed by atoms with Crippen molar-refractivity contribution in [2.45, 2.75) is 44.2 Å². The number of nitrogens with one attached hydrogen (secondary N) is 1. The minimum absolute atomic E-state index is 0.0161. The number of carbonyl (C=O) groups excluding carboxylic acids is 1. The van der Waals surface area contributed by atoms with Crippen LogP contribution in [-0.4, -0.2) is 46.1 Å². The zero-order valence-corrected chi connectivity index (χ0v) is 12.4. The third-order valence-corrected chi connectivity index (χ3v) is 4.16. The van der Waals surface area contributed by atoms with Crippen LogP contribution in [0.3, 0.4) is 0 Å². The highest BCUT2D eigenvalue weighted by molar-refractivity contribution is 5.74. The number of hydrogen-bond donors (Lipinski definition) is 1. The Morgan fingerprint density at radius 2 is 2.09 bits per heavy atom. The van der Waals surface area contributed by atoms with Crippen molar-refractivity contribution in [1.82, 2.24) is 20.2 Å². The van der Waals surface area contributed by atoms with Crippen molar-refractivity contribution >= 4 is 6.03 Å². The average molecular weight is 301 g/mol. The average Bonchev–Trinajstić information content (AvgIpc) is 3.19. The summed E-state index contributed by atoms with van der Waals surface area (Å²) in [5, 5.41) is 12.1. The van der Waals surface area contributed by atoms with Gasteiger partial charge in [0.2, 0.25) is 5.69 Å². The number of ether oxygens (including phenoxy) is 1. The number of nitriles is 1. The van der Waals surface area contributed by atoms with E-state index in [4.69, 9.17) is 10.00 Å². The lowest BCUT2D eigenvalue weighted by Gasteiger charge is -2.20. The molecule has 0 spiro atoms. The number of likely N-dealkylation sites (tertiary alicyclic amines) is 1. The van der Waals surface area contributed by atoms with Gasteiger partial charge in [-0.05, 0) is 12.8 Å². The molecule has 0 unspecified atom stereocenters. The Kier molecular flexibility index (Phi) is 4.37. The summed E-state index contributed by atoms with van der Waals surface area (Å²) in [6.45, 7) is 1.17. The highest BCUT2D eigenvalue weighted by Crippen LogP contribution is 2.20. The number of amides is 2. The molecule has 0 aromatic carbocycles. The van der Waals surface area contributed by atoms with E-state index >= 15 is 0 Å². The van der Waals surface area contributed by atoms with Gasteiger partial charge >= 0.3 is 6.03 Å². The van der Waals surface area contributed by atoms with Gasteiger partial charge in [-0.1, -0.05) is 12.8 Å². The molecule has 116 valence electrons. The normalized spacial score (nSPS) is 21.6. The number of hydrogen-bond acceptors (Lipinski definition) is 5. The Morgan fingerprint density at radius 3 is 2.86 bits per heavy atom. The minimum atomic E-state index is -0.141. The second kappa shape index (κ2) is 6.60. The Morgan fingerprint density at radius 1 is 1.32 bits per heavy atom. The van der Waals surface area contributed by atoms with E-state index in [0.29, 0.717) is 19.1 Å². The summed E-state index contributed by atoms with van der Waals surface area (Å²) < 4.78 is 5.73. The molecule has 2 aliphatic rings. The maximum absolute atomic E-state index is 12.2. The zero-order chi connectivity index (χ0) is 15.4. The van der Waals surface area contributed by atoms with Crippen LogP contribution in [-0.2, 0) is 0 Å². The fraction of sp³-hybridized carbons (Fsp3) is 0.600. The first kappa shape index (κ1) is 14.6. The van der Waals surface area contributed by atoms with Gasteiger partial charge in [-0.15, -0.1) is 0 Å². The summed E-state index contributed by atoms with van der Waals surface area (Å²) >= 11 is 0. The summed E-state index contributed by atoms with van der Waals surface area (Å²) in [6.07, 6.45) is 8.09. The van der Waals surface area contributed by atoms with E-state index in [0.717, 1.165) is 19.3 Å². The van der Waals surface area contributed by atoms with Crippen molar-refractivity contribution in [3.63, 3.8) is 0 Å². The van der Waals surface area contributed by atoms with Crippen molar-refractivity contribution in [2.75, 3.05) is 13.1 Å². The quantitative estimate of drug-likeness (QED) is 0.912. The molecule has 1 saturated heterocycles. The summed E-state index contributed by atoms with van der Waals surface area (Å²) in [7, 11) is 0. The smallest absolute Gasteiger partial charge is 0.317 e. The van der Waals surface area contributed by atoms with Crippen LogP contribution in [0, 0.1) is 11.3 Å².